The van der Waals surface area contributed by atoms with Crippen LogP contribution in [0.2, 0.25) is 0 Å². The number of rotatable bonds is 5. The molecule has 0 aromatic carbocycles. The van der Waals surface area contributed by atoms with Gasteiger partial charge in [0.1, 0.15) is 0 Å². The topological polar surface area (TPSA) is 23.5 Å². The number of aliphatic hydroxyl groups excluding tert-OH is 1. The molecule has 1 aliphatic rings. The molecular formula is C15H31NO. The molecule has 2 heteroatoms. The summed E-state index contributed by atoms with van der Waals surface area (Å²) in [5.41, 5.74) is 0. The fourth-order valence-corrected chi connectivity index (χ4v) is 3.57. The maximum Gasteiger partial charge on any atom is 0.0585 e. The van der Waals surface area contributed by atoms with Crippen LogP contribution in [0.3, 0.4) is 0 Å². The number of hydrogen-bond acceptors (Lipinski definition) is 2. The third-order valence-electron chi connectivity index (χ3n) is 4.71. The highest BCUT2D eigenvalue weighted by atomic mass is 16.3. The van der Waals surface area contributed by atoms with Crippen molar-refractivity contribution in [2.45, 2.75) is 65.5 Å². The van der Waals surface area contributed by atoms with Crippen molar-refractivity contribution in [2.24, 2.45) is 17.8 Å². The van der Waals surface area contributed by atoms with E-state index in [2.05, 4.69) is 39.6 Å². The van der Waals surface area contributed by atoms with Gasteiger partial charge in [-0.2, -0.15) is 0 Å². The van der Waals surface area contributed by atoms with E-state index in [1.165, 1.54) is 19.3 Å². The maximum atomic E-state index is 10.3. The van der Waals surface area contributed by atoms with Crippen LogP contribution in [0, 0.1) is 17.8 Å². The summed E-state index contributed by atoms with van der Waals surface area (Å²) in [5.74, 6) is 1.82. The van der Waals surface area contributed by atoms with Crippen LogP contribution in [0.4, 0.5) is 0 Å². The van der Waals surface area contributed by atoms with Crippen LogP contribution in [0.25, 0.3) is 0 Å². The first-order valence-corrected chi connectivity index (χ1v) is 7.37. The molecule has 4 atom stereocenters. The van der Waals surface area contributed by atoms with Gasteiger partial charge in [-0.05, 0) is 44.6 Å². The standard InChI is InChI=1S/C15H31NO/c1-6-13(7-2)16(5)10-14-12(4)8-11(3)9-15(14)17/h11-15,17H,6-10H2,1-5H3. The Hall–Kier alpha value is -0.0800. The lowest BCUT2D eigenvalue weighted by molar-refractivity contribution is -0.00469. The van der Waals surface area contributed by atoms with Crippen molar-refractivity contribution in [3.05, 3.63) is 0 Å². The fraction of sp³-hybridized carbons (Fsp3) is 1.00. The van der Waals surface area contributed by atoms with E-state index in [4.69, 9.17) is 0 Å². The zero-order valence-corrected chi connectivity index (χ0v) is 12.3. The van der Waals surface area contributed by atoms with Crippen molar-refractivity contribution >= 4 is 0 Å². The Morgan fingerprint density at radius 3 is 2.24 bits per heavy atom. The van der Waals surface area contributed by atoms with E-state index in [0.29, 0.717) is 23.8 Å². The second kappa shape index (κ2) is 6.75. The molecule has 4 unspecified atom stereocenters. The highest BCUT2D eigenvalue weighted by Crippen LogP contribution is 2.34. The molecular weight excluding hydrogens is 210 g/mol. The SMILES string of the molecule is CCC(CC)N(C)CC1C(C)CC(C)CC1O. The van der Waals surface area contributed by atoms with Crippen LogP contribution in [0.1, 0.15) is 53.4 Å². The second-order valence-electron chi connectivity index (χ2n) is 6.19. The van der Waals surface area contributed by atoms with E-state index in [1.54, 1.807) is 0 Å². The highest BCUT2D eigenvalue weighted by molar-refractivity contribution is 4.85. The first-order chi connectivity index (χ1) is 7.99. The summed E-state index contributed by atoms with van der Waals surface area (Å²) in [6.45, 7) is 10.1. The first-order valence-electron chi connectivity index (χ1n) is 7.37. The lowest BCUT2D eigenvalue weighted by Crippen LogP contribution is -2.44. The molecule has 0 saturated heterocycles. The molecule has 17 heavy (non-hydrogen) atoms. The summed E-state index contributed by atoms with van der Waals surface area (Å²) in [4.78, 5) is 2.46. The van der Waals surface area contributed by atoms with E-state index < -0.39 is 0 Å². The number of nitrogens with zero attached hydrogens (tertiary/aromatic N) is 1. The van der Waals surface area contributed by atoms with Crippen LogP contribution < -0.4 is 0 Å². The molecule has 0 bridgehead atoms. The Balaban J connectivity index is 2.54. The zero-order chi connectivity index (χ0) is 13.0. The molecule has 0 radical (unpaired) electrons. The van der Waals surface area contributed by atoms with Crippen molar-refractivity contribution < 1.29 is 5.11 Å². The number of hydrogen-bond donors (Lipinski definition) is 1. The van der Waals surface area contributed by atoms with Gasteiger partial charge < -0.3 is 10.0 Å². The molecule has 0 aliphatic heterocycles. The van der Waals surface area contributed by atoms with Gasteiger partial charge in [-0.15, -0.1) is 0 Å². The van der Waals surface area contributed by atoms with Gasteiger partial charge in [0.15, 0.2) is 0 Å². The van der Waals surface area contributed by atoms with Gasteiger partial charge in [0.05, 0.1) is 6.10 Å². The molecule has 1 rings (SSSR count). The van der Waals surface area contributed by atoms with Crippen LogP contribution >= 0.6 is 0 Å². The molecule has 0 aromatic heterocycles. The Kier molecular flexibility index (Phi) is 5.94. The Morgan fingerprint density at radius 1 is 1.18 bits per heavy atom. The van der Waals surface area contributed by atoms with Crippen LogP contribution in [-0.4, -0.2) is 35.7 Å². The average molecular weight is 241 g/mol. The van der Waals surface area contributed by atoms with E-state index >= 15 is 0 Å². The van der Waals surface area contributed by atoms with E-state index in [-0.39, 0.29) is 6.10 Å². The summed E-state index contributed by atoms with van der Waals surface area (Å²) in [5, 5.41) is 10.3. The van der Waals surface area contributed by atoms with Crippen molar-refractivity contribution in [1.29, 1.82) is 0 Å². The quantitative estimate of drug-likeness (QED) is 0.799. The molecule has 0 spiro atoms. The van der Waals surface area contributed by atoms with Crippen LogP contribution in [0.5, 0.6) is 0 Å². The lowest BCUT2D eigenvalue weighted by Gasteiger charge is -2.40. The third kappa shape index (κ3) is 3.96. The normalized spacial score (nSPS) is 34.6. The van der Waals surface area contributed by atoms with Gasteiger partial charge in [0, 0.05) is 18.5 Å². The molecule has 1 fully saturated rings. The van der Waals surface area contributed by atoms with Gasteiger partial charge in [-0.3, -0.25) is 0 Å². The van der Waals surface area contributed by atoms with Crippen molar-refractivity contribution in [3.63, 3.8) is 0 Å². The van der Waals surface area contributed by atoms with Gasteiger partial charge in [0.25, 0.3) is 0 Å². The largest absolute Gasteiger partial charge is 0.393 e. The van der Waals surface area contributed by atoms with Gasteiger partial charge in [0.2, 0.25) is 0 Å². The molecule has 1 saturated carbocycles. The minimum atomic E-state index is -0.0921. The van der Waals surface area contributed by atoms with Crippen LogP contribution in [-0.2, 0) is 0 Å². The minimum Gasteiger partial charge on any atom is -0.393 e. The highest BCUT2D eigenvalue weighted by Gasteiger charge is 2.33. The van der Waals surface area contributed by atoms with Gasteiger partial charge in [-0.1, -0.05) is 27.7 Å². The predicted molar refractivity (Wildman–Crippen MR) is 74.1 cm³/mol. The van der Waals surface area contributed by atoms with Crippen molar-refractivity contribution in [1.82, 2.24) is 4.90 Å². The summed E-state index contributed by atoms with van der Waals surface area (Å²) in [6.07, 6.45) is 4.59. The zero-order valence-electron chi connectivity index (χ0n) is 12.3. The van der Waals surface area contributed by atoms with Gasteiger partial charge in [-0.25, -0.2) is 0 Å². The molecule has 1 N–H and O–H groups in total. The van der Waals surface area contributed by atoms with Crippen molar-refractivity contribution in [2.75, 3.05) is 13.6 Å². The molecule has 0 amide bonds. The summed E-state index contributed by atoms with van der Waals surface area (Å²) < 4.78 is 0. The number of aliphatic hydroxyl groups is 1. The average Bonchev–Trinajstić information content (AvgIpc) is 2.25. The second-order valence-corrected chi connectivity index (χ2v) is 6.19. The molecule has 2 nitrogen and oxygen atoms in total. The lowest BCUT2D eigenvalue weighted by atomic mass is 9.73. The smallest absolute Gasteiger partial charge is 0.0585 e. The van der Waals surface area contributed by atoms with Gasteiger partial charge >= 0.3 is 0 Å². The van der Waals surface area contributed by atoms with Crippen LogP contribution in [0.15, 0.2) is 0 Å². The molecule has 0 heterocycles. The molecule has 0 aromatic rings. The fourth-order valence-electron chi connectivity index (χ4n) is 3.57. The molecule has 102 valence electrons. The summed E-state index contributed by atoms with van der Waals surface area (Å²) >= 11 is 0. The van der Waals surface area contributed by atoms with E-state index in [9.17, 15) is 5.11 Å². The van der Waals surface area contributed by atoms with Crippen molar-refractivity contribution in [3.8, 4) is 0 Å². The maximum absolute atomic E-state index is 10.3. The Labute approximate surface area is 107 Å². The third-order valence-corrected chi connectivity index (χ3v) is 4.71. The Morgan fingerprint density at radius 2 is 1.76 bits per heavy atom. The van der Waals surface area contributed by atoms with E-state index in [0.717, 1.165) is 13.0 Å². The summed E-state index contributed by atoms with van der Waals surface area (Å²) in [6, 6.07) is 0.675. The monoisotopic (exact) mass is 241 g/mol. The predicted octanol–water partition coefficient (Wildman–Crippen LogP) is 3.15. The first kappa shape index (κ1) is 15.0. The summed E-state index contributed by atoms with van der Waals surface area (Å²) in [7, 11) is 2.22. The minimum absolute atomic E-state index is 0.0921. The molecule has 1 aliphatic carbocycles. The Bertz CT molecular complexity index is 203. The van der Waals surface area contributed by atoms with E-state index in [1.807, 2.05) is 0 Å².